The van der Waals surface area contributed by atoms with Crippen LogP contribution in [0.25, 0.3) is 0 Å². The molecule has 8 heteroatoms. The van der Waals surface area contributed by atoms with Gasteiger partial charge in [0, 0.05) is 16.2 Å². The van der Waals surface area contributed by atoms with Crippen molar-refractivity contribution in [1.29, 1.82) is 0 Å². The molecule has 0 aliphatic heterocycles. The van der Waals surface area contributed by atoms with Crippen molar-refractivity contribution in [3.8, 4) is 0 Å². The fourth-order valence-electron chi connectivity index (χ4n) is 1.46. The van der Waals surface area contributed by atoms with Crippen molar-refractivity contribution in [3.05, 3.63) is 46.3 Å². The summed E-state index contributed by atoms with van der Waals surface area (Å²) in [6.07, 6.45) is 1.47. The molecule has 104 valence electrons. The molecule has 0 spiro atoms. The molecule has 0 aliphatic rings. The summed E-state index contributed by atoms with van der Waals surface area (Å²) in [5.41, 5.74) is 0.441. The Bertz CT molecular complexity index is 628. The van der Waals surface area contributed by atoms with Gasteiger partial charge in [-0.25, -0.2) is 9.59 Å². The zero-order valence-electron chi connectivity index (χ0n) is 10.1. The summed E-state index contributed by atoms with van der Waals surface area (Å²) in [4.78, 5) is 22.6. The monoisotopic (exact) mass is 339 g/mol. The van der Waals surface area contributed by atoms with E-state index in [9.17, 15) is 9.59 Å². The first-order chi connectivity index (χ1) is 9.54. The van der Waals surface area contributed by atoms with E-state index in [4.69, 9.17) is 9.63 Å². The van der Waals surface area contributed by atoms with Gasteiger partial charge in [-0.05, 0) is 18.2 Å². The molecule has 7 nitrogen and oxygen atoms in total. The minimum Gasteiger partial charge on any atom is -0.478 e. The zero-order valence-corrected chi connectivity index (χ0v) is 11.7. The van der Waals surface area contributed by atoms with Crippen LogP contribution in [0.4, 0.5) is 10.5 Å². The highest BCUT2D eigenvalue weighted by Gasteiger charge is 2.08. The predicted molar refractivity (Wildman–Crippen MR) is 73.5 cm³/mol. The molecule has 2 amide bonds. The van der Waals surface area contributed by atoms with Gasteiger partial charge in [0.2, 0.25) is 0 Å². The highest BCUT2D eigenvalue weighted by molar-refractivity contribution is 9.10. The van der Waals surface area contributed by atoms with Crippen LogP contribution < -0.4 is 10.6 Å². The van der Waals surface area contributed by atoms with E-state index < -0.39 is 12.0 Å². The van der Waals surface area contributed by atoms with Crippen molar-refractivity contribution in [2.24, 2.45) is 0 Å². The van der Waals surface area contributed by atoms with E-state index >= 15 is 0 Å². The molecule has 0 atom stereocenters. The Morgan fingerprint density at radius 1 is 1.35 bits per heavy atom. The van der Waals surface area contributed by atoms with E-state index in [-0.39, 0.29) is 12.1 Å². The van der Waals surface area contributed by atoms with E-state index in [1.807, 2.05) is 0 Å². The van der Waals surface area contributed by atoms with Crippen molar-refractivity contribution in [2.45, 2.75) is 6.54 Å². The van der Waals surface area contributed by atoms with Gasteiger partial charge in [-0.1, -0.05) is 21.1 Å². The van der Waals surface area contributed by atoms with Crippen molar-refractivity contribution in [1.82, 2.24) is 10.5 Å². The number of hydrogen-bond acceptors (Lipinski definition) is 4. The van der Waals surface area contributed by atoms with E-state index in [0.29, 0.717) is 15.9 Å². The standard InChI is InChI=1S/C12H10BrN3O4/c13-8-3-7(11(17)18)4-9(5-8)16-12(19)14-6-10-1-2-15-20-10/h1-5H,6H2,(H,17,18)(H2,14,16,19). The fourth-order valence-corrected chi connectivity index (χ4v) is 1.95. The highest BCUT2D eigenvalue weighted by atomic mass is 79.9. The lowest BCUT2D eigenvalue weighted by molar-refractivity contribution is 0.0697. The highest BCUT2D eigenvalue weighted by Crippen LogP contribution is 2.19. The molecule has 0 aliphatic carbocycles. The van der Waals surface area contributed by atoms with Crippen LogP contribution in [0.1, 0.15) is 16.1 Å². The number of carboxylic acid groups (broad SMARTS) is 1. The van der Waals surface area contributed by atoms with Crippen molar-refractivity contribution >= 4 is 33.6 Å². The molecule has 0 saturated heterocycles. The SMILES string of the molecule is O=C(NCc1ccno1)Nc1cc(Br)cc(C(=O)O)c1. The van der Waals surface area contributed by atoms with Crippen LogP contribution in [0.2, 0.25) is 0 Å². The molecule has 3 N–H and O–H groups in total. The third kappa shape index (κ3) is 3.82. The maximum absolute atomic E-state index is 11.7. The van der Waals surface area contributed by atoms with Crippen molar-refractivity contribution in [2.75, 3.05) is 5.32 Å². The Labute approximate surface area is 122 Å². The van der Waals surface area contributed by atoms with Crippen molar-refractivity contribution < 1.29 is 19.2 Å². The minimum atomic E-state index is -1.07. The van der Waals surface area contributed by atoms with E-state index in [1.54, 1.807) is 12.1 Å². The number of hydrogen-bond donors (Lipinski definition) is 3. The summed E-state index contributed by atoms with van der Waals surface area (Å²) < 4.78 is 5.38. The first-order valence-electron chi connectivity index (χ1n) is 5.53. The number of aromatic nitrogens is 1. The second kappa shape index (κ2) is 6.20. The molecule has 1 heterocycles. The molecule has 0 fully saturated rings. The summed E-state index contributed by atoms with van der Waals surface area (Å²) in [5.74, 6) is -0.558. The quantitative estimate of drug-likeness (QED) is 0.793. The minimum absolute atomic E-state index is 0.0740. The van der Waals surface area contributed by atoms with Gasteiger partial charge in [0.15, 0.2) is 5.76 Å². The number of nitrogens with one attached hydrogen (secondary N) is 2. The lowest BCUT2D eigenvalue weighted by atomic mass is 10.2. The second-order valence-corrected chi connectivity index (χ2v) is 4.74. The molecule has 0 saturated carbocycles. The van der Waals surface area contributed by atoms with Crippen LogP contribution in [0.15, 0.2) is 39.5 Å². The van der Waals surface area contributed by atoms with Crippen LogP contribution in [0.3, 0.4) is 0 Å². The van der Waals surface area contributed by atoms with Crippen LogP contribution >= 0.6 is 15.9 Å². The van der Waals surface area contributed by atoms with Gasteiger partial charge in [-0.2, -0.15) is 0 Å². The van der Waals surface area contributed by atoms with Crippen LogP contribution in [-0.2, 0) is 6.54 Å². The number of benzene rings is 1. The van der Waals surface area contributed by atoms with Gasteiger partial charge in [0.25, 0.3) is 0 Å². The van der Waals surface area contributed by atoms with Gasteiger partial charge in [0.1, 0.15) is 0 Å². The number of carboxylic acids is 1. The number of amides is 2. The van der Waals surface area contributed by atoms with Crippen LogP contribution in [0.5, 0.6) is 0 Å². The summed E-state index contributed by atoms with van der Waals surface area (Å²) in [7, 11) is 0. The second-order valence-electron chi connectivity index (χ2n) is 3.82. The maximum Gasteiger partial charge on any atom is 0.335 e. The van der Waals surface area contributed by atoms with E-state index in [2.05, 4.69) is 31.7 Å². The fraction of sp³-hybridized carbons (Fsp3) is 0.0833. The van der Waals surface area contributed by atoms with E-state index in [1.165, 1.54) is 18.3 Å². The summed E-state index contributed by atoms with van der Waals surface area (Å²) >= 11 is 3.18. The largest absolute Gasteiger partial charge is 0.478 e. The van der Waals surface area contributed by atoms with Gasteiger partial charge in [-0.3, -0.25) is 0 Å². The van der Waals surface area contributed by atoms with Crippen LogP contribution in [0, 0.1) is 0 Å². The molecule has 0 bridgehead atoms. The molecule has 20 heavy (non-hydrogen) atoms. The number of aromatic carboxylic acids is 1. The van der Waals surface area contributed by atoms with Gasteiger partial charge in [-0.15, -0.1) is 0 Å². The number of carbonyl (C=O) groups is 2. The third-order valence-corrected chi connectivity index (χ3v) is 2.77. The maximum atomic E-state index is 11.7. The number of urea groups is 1. The van der Waals surface area contributed by atoms with Gasteiger partial charge < -0.3 is 20.3 Å². The molecule has 1 aromatic carbocycles. The predicted octanol–water partition coefficient (Wildman–Crippen LogP) is 2.46. The molecular formula is C12H10BrN3O4. The summed E-state index contributed by atoms with van der Waals surface area (Å²) in [5, 5.41) is 17.5. The number of halogens is 1. The van der Waals surface area contributed by atoms with Crippen LogP contribution in [-0.4, -0.2) is 22.3 Å². The molecule has 2 aromatic rings. The summed E-state index contributed by atoms with van der Waals surface area (Å²) in [6, 6.07) is 5.56. The molecular weight excluding hydrogens is 330 g/mol. The Hall–Kier alpha value is -2.35. The molecule has 0 unspecified atom stereocenters. The average molecular weight is 340 g/mol. The van der Waals surface area contributed by atoms with E-state index in [0.717, 1.165) is 0 Å². The number of rotatable bonds is 4. The third-order valence-electron chi connectivity index (χ3n) is 2.32. The van der Waals surface area contributed by atoms with Crippen molar-refractivity contribution in [3.63, 3.8) is 0 Å². The Morgan fingerprint density at radius 3 is 2.80 bits per heavy atom. The first kappa shape index (κ1) is 14.1. The smallest absolute Gasteiger partial charge is 0.335 e. The first-order valence-corrected chi connectivity index (χ1v) is 6.32. The normalized spacial score (nSPS) is 10.1. The lowest BCUT2D eigenvalue weighted by Crippen LogP contribution is -2.28. The number of anilines is 1. The topological polar surface area (TPSA) is 104 Å². The lowest BCUT2D eigenvalue weighted by Gasteiger charge is -2.07. The Kier molecular flexibility index (Phi) is 4.36. The molecule has 2 rings (SSSR count). The van der Waals surface area contributed by atoms with Gasteiger partial charge >= 0.3 is 12.0 Å². The number of carbonyl (C=O) groups excluding carboxylic acids is 1. The zero-order chi connectivity index (χ0) is 14.5. The van der Waals surface area contributed by atoms with Gasteiger partial charge in [0.05, 0.1) is 18.3 Å². The summed E-state index contributed by atoms with van der Waals surface area (Å²) in [6.45, 7) is 0.186. The Morgan fingerprint density at radius 2 is 2.15 bits per heavy atom. The molecule has 0 radical (unpaired) electrons. The average Bonchev–Trinajstić information content (AvgIpc) is 2.88. The molecule has 1 aromatic heterocycles. The Balaban J connectivity index is 1.98. The number of nitrogens with zero attached hydrogens (tertiary/aromatic N) is 1.